The normalized spacial score (nSPS) is 24.4. The topological polar surface area (TPSA) is 23.6 Å². The van der Waals surface area contributed by atoms with Crippen LogP contribution in [0.3, 0.4) is 0 Å². The van der Waals surface area contributed by atoms with Crippen LogP contribution < -0.4 is 0 Å². The van der Waals surface area contributed by atoms with Crippen LogP contribution in [0.25, 0.3) is 0 Å². The van der Waals surface area contributed by atoms with E-state index in [0.29, 0.717) is 17.4 Å². The third kappa shape index (κ3) is 3.31. The standard InChI is InChI=1S/C16H30N2O/c1-13(2)15(19)18-11-7-16(8-12-18)5-9-17(10-6-16)14(3)4/h13-14H,5-12H2,1-4H3. The Morgan fingerprint density at radius 2 is 1.37 bits per heavy atom. The van der Waals surface area contributed by atoms with E-state index in [-0.39, 0.29) is 5.92 Å². The van der Waals surface area contributed by atoms with Crippen molar-refractivity contribution in [1.82, 2.24) is 9.80 Å². The molecule has 110 valence electrons. The lowest BCUT2D eigenvalue weighted by molar-refractivity contribution is -0.137. The number of piperidine rings is 2. The average molecular weight is 266 g/mol. The number of nitrogens with zero attached hydrogens (tertiary/aromatic N) is 2. The van der Waals surface area contributed by atoms with Crippen LogP contribution in [-0.4, -0.2) is 47.9 Å². The lowest BCUT2D eigenvalue weighted by atomic mass is 9.71. The third-order valence-corrected chi connectivity index (χ3v) is 5.22. The van der Waals surface area contributed by atoms with E-state index >= 15 is 0 Å². The Kier molecular flexibility index (Phi) is 4.54. The number of carbonyl (C=O) groups excluding carboxylic acids is 1. The minimum Gasteiger partial charge on any atom is -0.342 e. The van der Waals surface area contributed by atoms with Crippen molar-refractivity contribution >= 4 is 5.91 Å². The fourth-order valence-corrected chi connectivity index (χ4v) is 3.58. The van der Waals surface area contributed by atoms with Gasteiger partial charge >= 0.3 is 0 Å². The number of hydrogen-bond acceptors (Lipinski definition) is 2. The first-order valence-corrected chi connectivity index (χ1v) is 7.96. The van der Waals surface area contributed by atoms with E-state index in [1.807, 2.05) is 13.8 Å². The van der Waals surface area contributed by atoms with Crippen LogP contribution >= 0.6 is 0 Å². The first-order valence-electron chi connectivity index (χ1n) is 7.96. The van der Waals surface area contributed by atoms with Crippen molar-refractivity contribution in [3.8, 4) is 0 Å². The molecule has 0 bridgehead atoms. The average Bonchev–Trinajstić information content (AvgIpc) is 2.39. The van der Waals surface area contributed by atoms with Crippen molar-refractivity contribution in [3.63, 3.8) is 0 Å². The molecule has 2 aliphatic heterocycles. The van der Waals surface area contributed by atoms with Gasteiger partial charge in [0.15, 0.2) is 0 Å². The summed E-state index contributed by atoms with van der Waals surface area (Å²) in [5.74, 6) is 0.492. The van der Waals surface area contributed by atoms with Gasteiger partial charge in [0, 0.05) is 25.0 Å². The van der Waals surface area contributed by atoms with Crippen molar-refractivity contribution in [2.45, 2.75) is 59.4 Å². The molecule has 2 heterocycles. The molecule has 2 saturated heterocycles. The highest BCUT2D eigenvalue weighted by molar-refractivity contribution is 5.78. The molecule has 1 amide bonds. The van der Waals surface area contributed by atoms with Crippen LogP contribution in [0.5, 0.6) is 0 Å². The Labute approximate surface area is 118 Å². The van der Waals surface area contributed by atoms with Crippen LogP contribution in [0.4, 0.5) is 0 Å². The highest BCUT2D eigenvalue weighted by Gasteiger charge is 2.38. The summed E-state index contributed by atoms with van der Waals surface area (Å²) in [6.45, 7) is 13.1. The van der Waals surface area contributed by atoms with Gasteiger partial charge in [0.1, 0.15) is 0 Å². The lowest BCUT2D eigenvalue weighted by Gasteiger charge is -2.48. The van der Waals surface area contributed by atoms with Crippen molar-refractivity contribution in [1.29, 1.82) is 0 Å². The van der Waals surface area contributed by atoms with Gasteiger partial charge in [-0.25, -0.2) is 0 Å². The second kappa shape index (κ2) is 5.82. The molecule has 0 aliphatic carbocycles. The van der Waals surface area contributed by atoms with Crippen LogP contribution in [0.1, 0.15) is 53.4 Å². The highest BCUT2D eigenvalue weighted by atomic mass is 16.2. The minimum atomic E-state index is 0.150. The number of rotatable bonds is 2. The summed E-state index contributed by atoms with van der Waals surface area (Å²) in [7, 11) is 0. The van der Waals surface area contributed by atoms with Gasteiger partial charge in [0.25, 0.3) is 0 Å². The fourth-order valence-electron chi connectivity index (χ4n) is 3.58. The molecule has 2 rings (SSSR count). The molecule has 1 spiro atoms. The smallest absolute Gasteiger partial charge is 0.225 e. The van der Waals surface area contributed by atoms with E-state index in [1.165, 1.54) is 38.8 Å². The van der Waals surface area contributed by atoms with Crippen molar-refractivity contribution in [2.75, 3.05) is 26.2 Å². The van der Waals surface area contributed by atoms with Gasteiger partial charge in [-0.3, -0.25) is 4.79 Å². The SMILES string of the molecule is CC(C)C(=O)N1CCC2(CC1)CCN(C(C)C)CC2. The fraction of sp³-hybridized carbons (Fsp3) is 0.938. The molecule has 3 heteroatoms. The van der Waals surface area contributed by atoms with Crippen molar-refractivity contribution in [3.05, 3.63) is 0 Å². The van der Waals surface area contributed by atoms with Gasteiger partial charge in [-0.05, 0) is 58.0 Å². The summed E-state index contributed by atoms with van der Waals surface area (Å²) in [5.41, 5.74) is 0.541. The van der Waals surface area contributed by atoms with Gasteiger partial charge in [-0.1, -0.05) is 13.8 Å². The molecule has 3 nitrogen and oxygen atoms in total. The van der Waals surface area contributed by atoms with E-state index in [4.69, 9.17) is 0 Å². The molecule has 2 aliphatic rings. The summed E-state index contributed by atoms with van der Waals surface area (Å²) in [6, 6.07) is 0.681. The van der Waals surface area contributed by atoms with E-state index in [1.54, 1.807) is 0 Å². The van der Waals surface area contributed by atoms with Crippen molar-refractivity contribution < 1.29 is 4.79 Å². The molecule has 0 N–H and O–H groups in total. The van der Waals surface area contributed by atoms with Gasteiger partial charge in [-0.2, -0.15) is 0 Å². The second-order valence-electron chi connectivity index (χ2n) is 7.11. The number of likely N-dealkylation sites (tertiary alicyclic amines) is 2. The Balaban J connectivity index is 1.85. The van der Waals surface area contributed by atoms with Gasteiger partial charge in [-0.15, -0.1) is 0 Å². The summed E-state index contributed by atoms with van der Waals surface area (Å²) in [5, 5.41) is 0. The largest absolute Gasteiger partial charge is 0.342 e. The second-order valence-corrected chi connectivity index (χ2v) is 7.11. The minimum absolute atomic E-state index is 0.150. The summed E-state index contributed by atoms with van der Waals surface area (Å²) < 4.78 is 0. The first kappa shape index (κ1) is 14.8. The molecule has 0 unspecified atom stereocenters. The summed E-state index contributed by atoms with van der Waals surface area (Å²) >= 11 is 0. The van der Waals surface area contributed by atoms with E-state index < -0.39 is 0 Å². The zero-order valence-corrected chi connectivity index (χ0v) is 13.1. The first-order chi connectivity index (χ1) is 8.93. The van der Waals surface area contributed by atoms with Crippen molar-refractivity contribution in [2.24, 2.45) is 11.3 Å². The van der Waals surface area contributed by atoms with E-state index in [0.717, 1.165) is 13.1 Å². The molecule has 0 aromatic carbocycles. The maximum Gasteiger partial charge on any atom is 0.225 e. The molecule has 19 heavy (non-hydrogen) atoms. The Hall–Kier alpha value is -0.570. The molecule has 2 fully saturated rings. The summed E-state index contributed by atoms with van der Waals surface area (Å²) in [4.78, 5) is 16.7. The molecule has 0 aromatic heterocycles. The Bertz CT molecular complexity index is 307. The maximum absolute atomic E-state index is 12.0. The molecular formula is C16H30N2O. The van der Waals surface area contributed by atoms with Crippen LogP contribution in [0, 0.1) is 11.3 Å². The highest BCUT2D eigenvalue weighted by Crippen LogP contribution is 2.41. The molecule has 0 atom stereocenters. The van der Waals surface area contributed by atoms with E-state index in [9.17, 15) is 4.79 Å². The van der Waals surface area contributed by atoms with Crippen LogP contribution in [-0.2, 0) is 4.79 Å². The lowest BCUT2D eigenvalue weighted by Crippen LogP contribution is -2.50. The molecule has 0 saturated carbocycles. The Morgan fingerprint density at radius 3 is 1.79 bits per heavy atom. The van der Waals surface area contributed by atoms with Gasteiger partial charge in [0.05, 0.1) is 0 Å². The van der Waals surface area contributed by atoms with Gasteiger partial charge in [0.2, 0.25) is 5.91 Å². The number of amides is 1. The Morgan fingerprint density at radius 1 is 0.895 bits per heavy atom. The maximum atomic E-state index is 12.0. The van der Waals surface area contributed by atoms with Gasteiger partial charge < -0.3 is 9.80 Å². The quantitative estimate of drug-likeness (QED) is 0.767. The zero-order valence-electron chi connectivity index (χ0n) is 13.1. The predicted molar refractivity (Wildman–Crippen MR) is 79.0 cm³/mol. The molecular weight excluding hydrogens is 236 g/mol. The number of carbonyl (C=O) groups is 1. The summed E-state index contributed by atoms with van der Waals surface area (Å²) in [6.07, 6.45) is 5.10. The zero-order chi connectivity index (χ0) is 14.0. The number of hydrogen-bond donors (Lipinski definition) is 0. The van der Waals surface area contributed by atoms with Crippen LogP contribution in [0.15, 0.2) is 0 Å². The van der Waals surface area contributed by atoms with E-state index in [2.05, 4.69) is 23.6 Å². The molecule has 0 radical (unpaired) electrons. The molecule has 0 aromatic rings. The predicted octanol–water partition coefficient (Wildman–Crippen LogP) is 2.76. The monoisotopic (exact) mass is 266 g/mol. The van der Waals surface area contributed by atoms with Crippen LogP contribution in [0.2, 0.25) is 0 Å². The third-order valence-electron chi connectivity index (χ3n) is 5.22.